The van der Waals surface area contributed by atoms with Gasteiger partial charge in [0.1, 0.15) is 0 Å². The first-order chi connectivity index (χ1) is 8.67. The number of urea groups is 1. The highest BCUT2D eigenvalue weighted by atomic mass is 35.5. The number of halogens is 1. The van der Waals surface area contributed by atoms with E-state index in [1.807, 2.05) is 6.26 Å². The van der Waals surface area contributed by atoms with E-state index in [0.29, 0.717) is 15.8 Å². The van der Waals surface area contributed by atoms with Crippen LogP contribution in [0.2, 0.25) is 5.02 Å². The summed E-state index contributed by atoms with van der Waals surface area (Å²) in [6.07, 6.45) is 1.90. The fourth-order valence-electron chi connectivity index (χ4n) is 1.17. The van der Waals surface area contributed by atoms with Crippen LogP contribution in [0.25, 0.3) is 0 Å². The maximum absolute atomic E-state index is 11.7. The van der Waals surface area contributed by atoms with Gasteiger partial charge in [0.25, 0.3) is 0 Å². The minimum absolute atomic E-state index is 0.374. The number of thioether (sulfide) groups is 1. The molecule has 1 aromatic carbocycles. The Hall–Kier alpha value is -1.31. The largest absolute Gasteiger partial charge is 0.325 e. The maximum atomic E-state index is 11.7. The van der Waals surface area contributed by atoms with Gasteiger partial charge in [0, 0.05) is 10.7 Å². The maximum Gasteiger partial charge on any atom is 0.325 e. The molecular formula is C10H9ClN4OS2. The Balaban J connectivity index is 1.96. The Bertz CT molecular complexity index is 560. The van der Waals surface area contributed by atoms with Gasteiger partial charge in [-0.05, 0) is 24.5 Å². The molecule has 94 valence electrons. The van der Waals surface area contributed by atoms with Crippen LogP contribution in [0, 0.1) is 0 Å². The highest BCUT2D eigenvalue weighted by molar-refractivity contribution is 8.00. The number of benzene rings is 1. The molecule has 0 radical (unpaired) electrons. The predicted molar refractivity (Wildman–Crippen MR) is 75.8 cm³/mol. The molecule has 0 unspecified atom stereocenters. The average Bonchev–Trinajstić information content (AvgIpc) is 2.76. The number of hydrogen-bond donors (Lipinski definition) is 2. The third-order valence-electron chi connectivity index (χ3n) is 1.88. The van der Waals surface area contributed by atoms with E-state index in [9.17, 15) is 4.79 Å². The van der Waals surface area contributed by atoms with Crippen molar-refractivity contribution in [1.82, 2.24) is 10.2 Å². The zero-order valence-electron chi connectivity index (χ0n) is 9.31. The lowest BCUT2D eigenvalue weighted by Gasteiger charge is -2.04. The van der Waals surface area contributed by atoms with E-state index in [0.717, 1.165) is 4.34 Å². The van der Waals surface area contributed by atoms with Gasteiger partial charge in [-0.2, -0.15) is 0 Å². The first-order valence-electron chi connectivity index (χ1n) is 4.88. The standard InChI is InChI=1S/C10H9ClN4OS2/c1-17-10-15-14-9(18-10)13-8(16)12-7-4-2-3-6(11)5-7/h2-5H,1H3,(H2,12,13,14,16). The molecule has 2 amide bonds. The summed E-state index contributed by atoms with van der Waals surface area (Å²) in [4.78, 5) is 11.7. The van der Waals surface area contributed by atoms with Crippen LogP contribution in [0.1, 0.15) is 0 Å². The molecule has 18 heavy (non-hydrogen) atoms. The molecule has 0 saturated carbocycles. The van der Waals surface area contributed by atoms with Crippen molar-refractivity contribution in [2.24, 2.45) is 0 Å². The van der Waals surface area contributed by atoms with Crippen LogP contribution in [0.5, 0.6) is 0 Å². The second-order valence-corrected chi connectivity index (χ2v) is 5.63. The van der Waals surface area contributed by atoms with E-state index >= 15 is 0 Å². The third kappa shape index (κ3) is 3.59. The molecule has 0 bridgehead atoms. The minimum Gasteiger partial charge on any atom is -0.308 e. The van der Waals surface area contributed by atoms with Crippen molar-refractivity contribution in [3.63, 3.8) is 0 Å². The van der Waals surface area contributed by atoms with Crippen LogP contribution in [0.3, 0.4) is 0 Å². The Labute approximate surface area is 117 Å². The molecule has 0 fully saturated rings. The van der Waals surface area contributed by atoms with Gasteiger partial charge in [0.2, 0.25) is 5.13 Å². The molecule has 8 heteroatoms. The SMILES string of the molecule is CSc1nnc(NC(=O)Nc2cccc(Cl)c2)s1. The summed E-state index contributed by atoms with van der Waals surface area (Å²) in [6.45, 7) is 0. The summed E-state index contributed by atoms with van der Waals surface area (Å²) in [5.41, 5.74) is 0.620. The zero-order valence-corrected chi connectivity index (χ0v) is 11.7. The van der Waals surface area contributed by atoms with Crippen LogP contribution < -0.4 is 10.6 Å². The molecule has 2 rings (SSSR count). The second-order valence-electron chi connectivity index (χ2n) is 3.17. The van der Waals surface area contributed by atoms with Crippen molar-refractivity contribution in [2.45, 2.75) is 4.34 Å². The molecule has 0 spiro atoms. The van der Waals surface area contributed by atoms with Crippen molar-refractivity contribution in [2.75, 3.05) is 16.9 Å². The van der Waals surface area contributed by atoms with Gasteiger partial charge in [-0.3, -0.25) is 5.32 Å². The summed E-state index contributed by atoms with van der Waals surface area (Å²) >= 11 is 8.61. The van der Waals surface area contributed by atoms with E-state index in [1.54, 1.807) is 24.3 Å². The topological polar surface area (TPSA) is 66.9 Å². The van der Waals surface area contributed by atoms with Crippen LogP contribution in [0.4, 0.5) is 15.6 Å². The number of hydrogen-bond acceptors (Lipinski definition) is 5. The number of nitrogens with one attached hydrogen (secondary N) is 2. The Morgan fingerprint density at radius 2 is 2.22 bits per heavy atom. The lowest BCUT2D eigenvalue weighted by atomic mass is 10.3. The van der Waals surface area contributed by atoms with E-state index in [4.69, 9.17) is 11.6 Å². The number of anilines is 2. The monoisotopic (exact) mass is 300 g/mol. The van der Waals surface area contributed by atoms with Crippen molar-refractivity contribution in [3.8, 4) is 0 Å². The molecule has 0 atom stereocenters. The second kappa shape index (κ2) is 6.03. The van der Waals surface area contributed by atoms with Gasteiger partial charge in [0.05, 0.1) is 0 Å². The molecule has 2 N–H and O–H groups in total. The molecule has 0 saturated heterocycles. The number of aromatic nitrogens is 2. The van der Waals surface area contributed by atoms with E-state index in [-0.39, 0.29) is 6.03 Å². The highest BCUT2D eigenvalue weighted by Gasteiger charge is 2.07. The highest BCUT2D eigenvalue weighted by Crippen LogP contribution is 2.23. The first-order valence-corrected chi connectivity index (χ1v) is 7.30. The van der Waals surface area contributed by atoms with E-state index < -0.39 is 0 Å². The van der Waals surface area contributed by atoms with E-state index in [2.05, 4.69) is 20.8 Å². The quantitative estimate of drug-likeness (QED) is 0.672. The fourth-order valence-corrected chi connectivity index (χ4v) is 2.52. The lowest BCUT2D eigenvalue weighted by molar-refractivity contribution is 0.262. The Morgan fingerprint density at radius 3 is 2.89 bits per heavy atom. The van der Waals surface area contributed by atoms with E-state index in [1.165, 1.54) is 23.1 Å². The van der Waals surface area contributed by atoms with Crippen LogP contribution in [-0.2, 0) is 0 Å². The molecule has 0 aliphatic heterocycles. The number of nitrogens with zero attached hydrogens (tertiary/aromatic N) is 2. The van der Waals surface area contributed by atoms with Gasteiger partial charge in [-0.15, -0.1) is 10.2 Å². The molecule has 0 aliphatic rings. The van der Waals surface area contributed by atoms with Gasteiger partial charge in [-0.25, -0.2) is 4.79 Å². The van der Waals surface area contributed by atoms with Gasteiger partial charge in [-0.1, -0.05) is 40.8 Å². The third-order valence-corrected chi connectivity index (χ3v) is 3.93. The molecule has 2 aromatic rings. The summed E-state index contributed by atoms with van der Waals surface area (Å²) in [7, 11) is 0. The fraction of sp³-hybridized carbons (Fsp3) is 0.100. The molecular weight excluding hydrogens is 292 g/mol. The number of carbonyl (C=O) groups is 1. The Kier molecular flexibility index (Phi) is 4.40. The number of rotatable bonds is 3. The smallest absolute Gasteiger partial charge is 0.308 e. The molecule has 1 heterocycles. The van der Waals surface area contributed by atoms with Gasteiger partial charge >= 0.3 is 6.03 Å². The summed E-state index contributed by atoms with van der Waals surface area (Å²) in [5, 5.41) is 14.0. The Morgan fingerprint density at radius 1 is 1.39 bits per heavy atom. The predicted octanol–water partition coefficient (Wildman–Crippen LogP) is 3.56. The van der Waals surface area contributed by atoms with Crippen molar-refractivity contribution >= 4 is 51.5 Å². The van der Waals surface area contributed by atoms with Crippen molar-refractivity contribution in [3.05, 3.63) is 29.3 Å². The van der Waals surface area contributed by atoms with Crippen molar-refractivity contribution in [1.29, 1.82) is 0 Å². The van der Waals surface area contributed by atoms with Crippen LogP contribution >= 0.6 is 34.7 Å². The zero-order chi connectivity index (χ0) is 13.0. The summed E-state index contributed by atoms with van der Waals surface area (Å²) in [5.74, 6) is 0. The van der Waals surface area contributed by atoms with Crippen molar-refractivity contribution < 1.29 is 4.79 Å². The first kappa shape index (κ1) is 13.1. The molecule has 5 nitrogen and oxygen atoms in total. The number of carbonyl (C=O) groups excluding carboxylic acids is 1. The molecule has 0 aliphatic carbocycles. The summed E-state index contributed by atoms with van der Waals surface area (Å²) < 4.78 is 0.799. The average molecular weight is 301 g/mol. The van der Waals surface area contributed by atoms with Gasteiger partial charge in [0.15, 0.2) is 4.34 Å². The number of amides is 2. The normalized spacial score (nSPS) is 10.1. The van der Waals surface area contributed by atoms with Crippen LogP contribution in [-0.4, -0.2) is 22.5 Å². The van der Waals surface area contributed by atoms with Crippen LogP contribution in [0.15, 0.2) is 28.6 Å². The molecule has 1 aromatic heterocycles. The summed E-state index contributed by atoms with van der Waals surface area (Å²) in [6, 6.07) is 6.53. The lowest BCUT2D eigenvalue weighted by Crippen LogP contribution is -2.19. The minimum atomic E-state index is -0.374. The van der Waals surface area contributed by atoms with Gasteiger partial charge < -0.3 is 5.32 Å².